The van der Waals surface area contributed by atoms with Crippen molar-refractivity contribution in [2.45, 2.75) is 68.6 Å². The summed E-state index contributed by atoms with van der Waals surface area (Å²) in [5.41, 5.74) is 7.93. The molecular formula is C17H27NS. The predicted octanol–water partition coefficient (Wildman–Crippen LogP) is 5.16. The molecule has 0 aliphatic heterocycles. The second kappa shape index (κ2) is 6.32. The summed E-state index contributed by atoms with van der Waals surface area (Å²) < 4.78 is 0.238. The van der Waals surface area contributed by atoms with Gasteiger partial charge in [-0.05, 0) is 30.4 Å². The van der Waals surface area contributed by atoms with Gasteiger partial charge in [-0.3, -0.25) is 0 Å². The molecule has 0 heterocycles. The van der Waals surface area contributed by atoms with Gasteiger partial charge in [0.05, 0.1) is 0 Å². The van der Waals surface area contributed by atoms with Crippen molar-refractivity contribution in [2.75, 3.05) is 0 Å². The molecule has 1 aromatic rings. The van der Waals surface area contributed by atoms with Gasteiger partial charge in [-0.2, -0.15) is 0 Å². The second-order valence-corrected chi connectivity index (χ2v) is 8.54. The lowest BCUT2D eigenvalue weighted by Gasteiger charge is -2.30. The fourth-order valence-electron chi connectivity index (χ4n) is 2.93. The van der Waals surface area contributed by atoms with E-state index in [2.05, 4.69) is 45.0 Å². The Morgan fingerprint density at radius 3 is 2.37 bits per heavy atom. The van der Waals surface area contributed by atoms with Gasteiger partial charge in [0.1, 0.15) is 0 Å². The Labute approximate surface area is 122 Å². The number of benzene rings is 1. The van der Waals surface area contributed by atoms with Gasteiger partial charge in [-0.15, -0.1) is 11.8 Å². The van der Waals surface area contributed by atoms with E-state index in [0.717, 1.165) is 0 Å². The summed E-state index contributed by atoms with van der Waals surface area (Å²) in [6.45, 7) is 6.79. The Balaban J connectivity index is 2.18. The highest BCUT2D eigenvalue weighted by Gasteiger charge is 2.25. The maximum absolute atomic E-state index is 6.58. The number of hydrogen-bond donors (Lipinski definition) is 1. The Kier molecular flexibility index (Phi) is 4.97. The molecule has 0 unspecified atom stereocenters. The van der Waals surface area contributed by atoms with E-state index in [1.807, 2.05) is 11.8 Å². The van der Waals surface area contributed by atoms with Crippen molar-refractivity contribution in [1.82, 2.24) is 0 Å². The minimum Gasteiger partial charge on any atom is -0.324 e. The Bertz CT molecular complexity index is 402. The van der Waals surface area contributed by atoms with Crippen LogP contribution in [0.15, 0.2) is 29.2 Å². The molecular weight excluding hydrogens is 250 g/mol. The second-order valence-electron chi connectivity index (χ2n) is 6.68. The molecule has 0 bridgehead atoms. The summed E-state index contributed by atoms with van der Waals surface area (Å²) >= 11 is 1.94. The largest absolute Gasteiger partial charge is 0.324 e. The summed E-state index contributed by atoms with van der Waals surface area (Å²) in [4.78, 5) is 1.37. The number of rotatable bonds is 3. The third-order valence-corrected chi connectivity index (χ3v) is 5.06. The fraction of sp³-hybridized carbons (Fsp3) is 0.647. The monoisotopic (exact) mass is 277 g/mol. The summed E-state index contributed by atoms with van der Waals surface area (Å²) in [6.07, 6.45) is 6.70. The van der Waals surface area contributed by atoms with E-state index in [0.29, 0.717) is 5.92 Å². The lowest BCUT2D eigenvalue weighted by Crippen LogP contribution is -2.24. The Hall–Kier alpha value is -0.470. The third-order valence-electron chi connectivity index (χ3n) is 3.85. The molecule has 106 valence electrons. The normalized spacial score (nSPS) is 19.4. The van der Waals surface area contributed by atoms with Crippen molar-refractivity contribution >= 4 is 11.8 Å². The molecule has 0 spiro atoms. The van der Waals surface area contributed by atoms with Gasteiger partial charge in [-0.25, -0.2) is 0 Å². The van der Waals surface area contributed by atoms with Crippen LogP contribution < -0.4 is 5.73 Å². The number of thioether (sulfide) groups is 1. The summed E-state index contributed by atoms with van der Waals surface area (Å²) in [7, 11) is 0. The van der Waals surface area contributed by atoms with Gasteiger partial charge >= 0.3 is 0 Å². The molecule has 0 aromatic heterocycles. The maximum Gasteiger partial charge on any atom is 0.0334 e. The van der Waals surface area contributed by atoms with Crippen LogP contribution in [0.4, 0.5) is 0 Å². The van der Waals surface area contributed by atoms with Crippen molar-refractivity contribution in [3.63, 3.8) is 0 Å². The standard InChI is InChI=1S/C17H27NS/c1-17(2,3)19-15-12-8-7-11-14(15)16(18)13-9-5-4-6-10-13/h7-8,11-13,16H,4-6,9-10,18H2,1-3H3/t16-/m1/s1. The molecule has 19 heavy (non-hydrogen) atoms. The van der Waals surface area contributed by atoms with Crippen LogP contribution in [0.5, 0.6) is 0 Å². The zero-order valence-corrected chi connectivity index (χ0v) is 13.3. The van der Waals surface area contributed by atoms with E-state index in [1.165, 1.54) is 42.6 Å². The molecule has 1 aliphatic carbocycles. The Morgan fingerprint density at radius 2 is 1.74 bits per heavy atom. The van der Waals surface area contributed by atoms with Crippen molar-refractivity contribution in [1.29, 1.82) is 0 Å². The van der Waals surface area contributed by atoms with Crippen LogP contribution in [0.25, 0.3) is 0 Å². The first-order valence-corrected chi connectivity index (χ1v) is 8.32. The highest BCUT2D eigenvalue weighted by molar-refractivity contribution is 8.00. The first-order chi connectivity index (χ1) is 8.97. The first-order valence-electron chi connectivity index (χ1n) is 7.51. The number of nitrogens with two attached hydrogens (primary N) is 1. The van der Waals surface area contributed by atoms with Crippen LogP contribution >= 0.6 is 11.8 Å². The van der Waals surface area contributed by atoms with E-state index in [4.69, 9.17) is 5.73 Å². The topological polar surface area (TPSA) is 26.0 Å². The molecule has 2 N–H and O–H groups in total. The quantitative estimate of drug-likeness (QED) is 0.772. The molecule has 1 aromatic carbocycles. The smallest absolute Gasteiger partial charge is 0.0334 e. The van der Waals surface area contributed by atoms with Crippen molar-refractivity contribution in [3.05, 3.63) is 29.8 Å². The van der Waals surface area contributed by atoms with Crippen LogP contribution in [0, 0.1) is 5.92 Å². The van der Waals surface area contributed by atoms with Crippen molar-refractivity contribution < 1.29 is 0 Å². The minimum absolute atomic E-state index is 0.214. The van der Waals surface area contributed by atoms with Crippen LogP contribution in [0.2, 0.25) is 0 Å². The van der Waals surface area contributed by atoms with Crippen molar-refractivity contribution in [3.8, 4) is 0 Å². The number of hydrogen-bond acceptors (Lipinski definition) is 2. The summed E-state index contributed by atoms with van der Waals surface area (Å²) in [5.74, 6) is 0.676. The van der Waals surface area contributed by atoms with E-state index < -0.39 is 0 Å². The van der Waals surface area contributed by atoms with E-state index in [-0.39, 0.29) is 10.8 Å². The lowest BCUT2D eigenvalue weighted by molar-refractivity contribution is 0.306. The first kappa shape index (κ1) is 14.9. The SMILES string of the molecule is CC(C)(C)Sc1ccccc1[C@H](N)C1CCCCC1. The summed E-state index contributed by atoms with van der Waals surface area (Å²) in [6, 6.07) is 8.93. The summed E-state index contributed by atoms with van der Waals surface area (Å²) in [5, 5.41) is 0. The maximum atomic E-state index is 6.58. The molecule has 2 heteroatoms. The predicted molar refractivity (Wildman–Crippen MR) is 85.6 cm³/mol. The molecule has 2 rings (SSSR count). The van der Waals surface area contributed by atoms with E-state index >= 15 is 0 Å². The average molecular weight is 277 g/mol. The van der Waals surface area contributed by atoms with Gasteiger partial charge in [-0.1, -0.05) is 58.2 Å². The third kappa shape index (κ3) is 4.25. The van der Waals surface area contributed by atoms with E-state index in [9.17, 15) is 0 Å². The zero-order chi connectivity index (χ0) is 13.9. The molecule has 1 fully saturated rings. The van der Waals surface area contributed by atoms with E-state index in [1.54, 1.807) is 0 Å². The highest BCUT2D eigenvalue weighted by Crippen LogP contribution is 2.40. The molecule has 0 radical (unpaired) electrons. The minimum atomic E-state index is 0.214. The van der Waals surface area contributed by atoms with Gasteiger partial charge in [0.15, 0.2) is 0 Å². The van der Waals surface area contributed by atoms with Crippen LogP contribution in [-0.4, -0.2) is 4.75 Å². The van der Waals surface area contributed by atoms with Crippen LogP contribution in [0.1, 0.15) is 64.5 Å². The van der Waals surface area contributed by atoms with Crippen molar-refractivity contribution in [2.24, 2.45) is 11.7 Å². The average Bonchev–Trinajstić information content (AvgIpc) is 2.38. The van der Waals surface area contributed by atoms with Gasteiger partial charge in [0, 0.05) is 15.7 Å². The zero-order valence-electron chi connectivity index (χ0n) is 12.5. The lowest BCUT2D eigenvalue weighted by atomic mass is 9.81. The van der Waals surface area contributed by atoms with Gasteiger partial charge in [0.2, 0.25) is 0 Å². The van der Waals surface area contributed by atoms with Crippen LogP contribution in [0.3, 0.4) is 0 Å². The van der Waals surface area contributed by atoms with Crippen LogP contribution in [-0.2, 0) is 0 Å². The molecule has 1 saturated carbocycles. The highest BCUT2D eigenvalue weighted by atomic mass is 32.2. The molecule has 0 amide bonds. The molecule has 1 aliphatic rings. The van der Waals surface area contributed by atoms with Gasteiger partial charge in [0.25, 0.3) is 0 Å². The molecule has 1 atom stereocenters. The molecule has 1 nitrogen and oxygen atoms in total. The Morgan fingerprint density at radius 1 is 1.11 bits per heavy atom. The fourth-order valence-corrected chi connectivity index (χ4v) is 4.05. The molecule has 0 saturated heterocycles. The van der Waals surface area contributed by atoms with Gasteiger partial charge < -0.3 is 5.73 Å².